The summed E-state index contributed by atoms with van der Waals surface area (Å²) in [7, 11) is 0. The summed E-state index contributed by atoms with van der Waals surface area (Å²) in [5, 5.41) is 9.59. The molecule has 0 atom stereocenters. The van der Waals surface area contributed by atoms with Crippen LogP contribution in [0.5, 0.6) is 0 Å². The van der Waals surface area contributed by atoms with Gasteiger partial charge in [0, 0.05) is 24.4 Å². The van der Waals surface area contributed by atoms with Gasteiger partial charge in [-0.25, -0.2) is 14.8 Å². The fraction of sp³-hybridized carbons (Fsp3) is 0.333. The van der Waals surface area contributed by atoms with Gasteiger partial charge in [-0.05, 0) is 12.7 Å². The van der Waals surface area contributed by atoms with Crippen LogP contribution in [0, 0.1) is 0 Å². The number of rotatable bonds is 6. The number of carboxylic acids is 1. The Hall–Kier alpha value is -1.34. The monoisotopic (exact) mass is 298 g/mol. The number of carboxylic acid groups (broad SMARTS) is 1. The van der Waals surface area contributed by atoms with Crippen LogP contribution in [0.15, 0.2) is 17.4 Å². The van der Waals surface area contributed by atoms with Crippen LogP contribution in [-0.4, -0.2) is 38.2 Å². The third-order valence-electron chi connectivity index (χ3n) is 2.07. The molecule has 0 aliphatic carbocycles. The smallest absolute Gasteiger partial charge is 0.355 e. The number of allylic oxidation sites excluding steroid dienone is 1. The largest absolute Gasteiger partial charge is 0.476 e. The first-order valence-electron chi connectivity index (χ1n) is 5.48. The lowest BCUT2D eigenvalue weighted by Crippen LogP contribution is -2.05. The van der Waals surface area contributed by atoms with Crippen molar-refractivity contribution in [2.75, 3.05) is 12.0 Å². The molecule has 1 aromatic heterocycles. The molecule has 0 bridgehead atoms. The van der Waals surface area contributed by atoms with E-state index in [4.69, 9.17) is 5.11 Å². The molecule has 1 aromatic rings. The lowest BCUT2D eigenvalue weighted by molar-refractivity contribution is -0.109. The Morgan fingerprint density at radius 3 is 2.79 bits per heavy atom. The van der Waals surface area contributed by atoms with Gasteiger partial charge < -0.3 is 5.11 Å². The first-order chi connectivity index (χ1) is 9.04. The zero-order chi connectivity index (χ0) is 14.3. The normalized spacial score (nSPS) is 10.8. The first kappa shape index (κ1) is 15.7. The Morgan fingerprint density at radius 1 is 1.47 bits per heavy atom. The Balaban J connectivity index is 2.74. The molecule has 1 heterocycles. The molecule has 102 valence electrons. The van der Waals surface area contributed by atoms with E-state index in [1.54, 1.807) is 12.3 Å². The zero-order valence-corrected chi connectivity index (χ0v) is 12.3. The fourth-order valence-electron chi connectivity index (χ4n) is 1.25. The maximum Gasteiger partial charge on any atom is 0.355 e. The second kappa shape index (κ2) is 7.96. The number of hydrogen-bond acceptors (Lipinski definition) is 6. The van der Waals surface area contributed by atoms with E-state index in [-0.39, 0.29) is 10.8 Å². The number of nitrogens with zero attached hydrogens (tertiary/aromatic N) is 2. The number of aromatic carboxylic acids is 1. The standard InChI is InChI=1S/C12H14N2O3S2/c1-8(15)19-6-4-3-5-9-7-13-12(18-2)14-10(9)11(16)17/h3,5,7H,4,6H2,1-2H3,(H,16,17). The highest BCUT2D eigenvalue weighted by molar-refractivity contribution is 8.13. The van der Waals surface area contributed by atoms with Crippen LogP contribution in [-0.2, 0) is 4.79 Å². The van der Waals surface area contributed by atoms with Gasteiger partial charge in [0.1, 0.15) is 0 Å². The number of aromatic nitrogens is 2. The van der Waals surface area contributed by atoms with Crippen LogP contribution in [0.25, 0.3) is 6.08 Å². The Labute approximate surface area is 119 Å². The average Bonchev–Trinajstić information content (AvgIpc) is 2.38. The molecular weight excluding hydrogens is 284 g/mol. The van der Waals surface area contributed by atoms with E-state index in [9.17, 15) is 9.59 Å². The first-order valence-corrected chi connectivity index (χ1v) is 7.70. The van der Waals surface area contributed by atoms with Crippen molar-refractivity contribution in [1.29, 1.82) is 0 Å². The van der Waals surface area contributed by atoms with E-state index in [1.807, 2.05) is 6.08 Å². The van der Waals surface area contributed by atoms with E-state index >= 15 is 0 Å². The van der Waals surface area contributed by atoms with Gasteiger partial charge in [0.2, 0.25) is 0 Å². The van der Waals surface area contributed by atoms with Gasteiger partial charge in [-0.1, -0.05) is 35.7 Å². The Morgan fingerprint density at radius 2 is 2.21 bits per heavy atom. The summed E-state index contributed by atoms with van der Waals surface area (Å²) >= 11 is 2.54. The van der Waals surface area contributed by atoms with Gasteiger partial charge in [0.25, 0.3) is 0 Å². The molecule has 0 amide bonds. The highest BCUT2D eigenvalue weighted by atomic mass is 32.2. The molecule has 0 fully saturated rings. The lowest BCUT2D eigenvalue weighted by atomic mass is 10.2. The Bertz CT molecular complexity index is 504. The van der Waals surface area contributed by atoms with Crippen molar-refractivity contribution in [2.45, 2.75) is 18.5 Å². The molecule has 0 aromatic carbocycles. The summed E-state index contributed by atoms with van der Waals surface area (Å²) < 4.78 is 0. The molecule has 1 rings (SSSR count). The fourth-order valence-corrected chi connectivity index (χ4v) is 2.13. The maximum atomic E-state index is 11.1. The molecule has 0 aliphatic heterocycles. The zero-order valence-electron chi connectivity index (χ0n) is 10.6. The van der Waals surface area contributed by atoms with E-state index < -0.39 is 5.97 Å². The van der Waals surface area contributed by atoms with Crippen LogP contribution in [0.3, 0.4) is 0 Å². The van der Waals surface area contributed by atoms with Crippen molar-refractivity contribution in [2.24, 2.45) is 0 Å². The molecule has 0 saturated carbocycles. The number of carbonyl (C=O) groups is 2. The molecular formula is C12H14N2O3S2. The highest BCUT2D eigenvalue weighted by Gasteiger charge is 2.11. The second-order valence-corrected chi connectivity index (χ2v) is 5.54. The van der Waals surface area contributed by atoms with E-state index in [0.29, 0.717) is 22.9 Å². The molecule has 0 radical (unpaired) electrons. The summed E-state index contributed by atoms with van der Waals surface area (Å²) in [6.07, 6.45) is 7.47. The predicted octanol–water partition coefficient (Wildman–Crippen LogP) is 2.58. The lowest BCUT2D eigenvalue weighted by Gasteiger charge is -2.01. The summed E-state index contributed by atoms with van der Waals surface area (Å²) in [5.41, 5.74) is 0.466. The van der Waals surface area contributed by atoms with Crippen LogP contribution >= 0.6 is 23.5 Å². The number of carbonyl (C=O) groups excluding carboxylic acids is 1. The van der Waals surface area contributed by atoms with Crippen LogP contribution in [0.4, 0.5) is 0 Å². The number of hydrogen-bond donors (Lipinski definition) is 1. The molecule has 0 saturated heterocycles. The van der Waals surface area contributed by atoms with Gasteiger partial charge in [0.15, 0.2) is 16.0 Å². The third-order valence-corrected chi connectivity index (χ3v) is 3.48. The summed E-state index contributed by atoms with van der Waals surface area (Å²) in [6, 6.07) is 0. The van der Waals surface area contributed by atoms with Crippen molar-refractivity contribution < 1.29 is 14.7 Å². The van der Waals surface area contributed by atoms with E-state index in [1.165, 1.54) is 36.6 Å². The van der Waals surface area contributed by atoms with Crippen molar-refractivity contribution in [3.05, 3.63) is 23.5 Å². The van der Waals surface area contributed by atoms with Gasteiger partial charge in [-0.15, -0.1) is 0 Å². The molecule has 19 heavy (non-hydrogen) atoms. The molecule has 5 nitrogen and oxygen atoms in total. The van der Waals surface area contributed by atoms with Gasteiger partial charge in [-0.2, -0.15) is 0 Å². The average molecular weight is 298 g/mol. The van der Waals surface area contributed by atoms with Crippen LogP contribution in [0.2, 0.25) is 0 Å². The molecule has 0 aliphatic rings. The minimum absolute atomic E-state index is 0.00480. The third kappa shape index (κ3) is 5.44. The maximum absolute atomic E-state index is 11.1. The van der Waals surface area contributed by atoms with E-state index in [2.05, 4.69) is 9.97 Å². The summed E-state index contributed by atoms with van der Waals surface area (Å²) in [5.74, 6) is -0.395. The van der Waals surface area contributed by atoms with Crippen molar-refractivity contribution in [1.82, 2.24) is 9.97 Å². The van der Waals surface area contributed by atoms with Crippen molar-refractivity contribution in [3.63, 3.8) is 0 Å². The van der Waals surface area contributed by atoms with Gasteiger partial charge >= 0.3 is 5.97 Å². The minimum atomic E-state index is -1.07. The highest BCUT2D eigenvalue weighted by Crippen LogP contribution is 2.14. The van der Waals surface area contributed by atoms with Crippen molar-refractivity contribution >= 4 is 40.7 Å². The topological polar surface area (TPSA) is 80.2 Å². The van der Waals surface area contributed by atoms with Crippen LogP contribution < -0.4 is 0 Å². The van der Waals surface area contributed by atoms with Crippen molar-refractivity contribution in [3.8, 4) is 0 Å². The minimum Gasteiger partial charge on any atom is -0.476 e. The molecule has 7 heteroatoms. The second-order valence-electron chi connectivity index (χ2n) is 3.50. The van der Waals surface area contributed by atoms with Crippen LogP contribution in [0.1, 0.15) is 29.4 Å². The van der Waals surface area contributed by atoms with E-state index in [0.717, 1.165) is 0 Å². The molecule has 1 N–H and O–H groups in total. The predicted molar refractivity (Wildman–Crippen MR) is 77.6 cm³/mol. The molecule has 0 spiro atoms. The SMILES string of the molecule is CSc1ncc(C=CCCSC(C)=O)c(C(=O)O)n1. The van der Waals surface area contributed by atoms with Gasteiger partial charge in [-0.3, -0.25) is 4.79 Å². The summed E-state index contributed by atoms with van der Waals surface area (Å²) in [4.78, 5) is 29.8. The quantitative estimate of drug-likeness (QED) is 0.491. The Kier molecular flexibility index (Phi) is 6.58. The number of thioether (sulfide) groups is 2. The summed E-state index contributed by atoms with van der Waals surface area (Å²) in [6.45, 7) is 1.52. The van der Waals surface area contributed by atoms with Gasteiger partial charge in [0.05, 0.1) is 0 Å². The molecule has 0 unspecified atom stereocenters.